The summed E-state index contributed by atoms with van der Waals surface area (Å²) in [6.07, 6.45) is -1.18. The molecule has 0 fully saturated rings. The first kappa shape index (κ1) is 22.3. The fourth-order valence-electron chi connectivity index (χ4n) is 3.12. The van der Waals surface area contributed by atoms with Gasteiger partial charge in [-0.05, 0) is 17.2 Å². The van der Waals surface area contributed by atoms with Crippen LogP contribution in [0.25, 0.3) is 11.0 Å². The highest BCUT2D eigenvalue weighted by molar-refractivity contribution is 5.90. The molecule has 11 nitrogen and oxygen atoms in total. The van der Waals surface area contributed by atoms with Crippen LogP contribution in [0.3, 0.4) is 0 Å². The molecule has 3 rings (SSSR count). The minimum atomic E-state index is -0.796. The van der Waals surface area contributed by atoms with Crippen LogP contribution < -0.4 is 16.1 Å². The van der Waals surface area contributed by atoms with E-state index in [-0.39, 0.29) is 46.4 Å². The molecule has 3 aromatic rings. The molecule has 0 bridgehead atoms. The summed E-state index contributed by atoms with van der Waals surface area (Å²) in [4.78, 5) is 47.9. The van der Waals surface area contributed by atoms with Crippen LogP contribution in [0.5, 0.6) is 11.5 Å². The molecule has 2 amide bonds. The van der Waals surface area contributed by atoms with Gasteiger partial charge in [0, 0.05) is 49.7 Å². The normalized spacial score (nSPS) is 10.7. The highest BCUT2D eigenvalue weighted by Crippen LogP contribution is 2.34. The number of phenolic OH excluding ortho intramolecular Hbond substituents is 1. The van der Waals surface area contributed by atoms with Gasteiger partial charge < -0.3 is 24.9 Å². The summed E-state index contributed by atoms with van der Waals surface area (Å²) in [6, 6.07) is 8.04. The van der Waals surface area contributed by atoms with Crippen molar-refractivity contribution in [1.29, 1.82) is 0 Å². The van der Waals surface area contributed by atoms with E-state index in [9.17, 15) is 29.6 Å². The second-order valence-electron chi connectivity index (χ2n) is 7.17. The fraction of sp³-hybridized carbons (Fsp3) is 0.190. The molecule has 0 atom stereocenters. The number of nitrogens with two attached hydrogens (primary N) is 1. The minimum Gasteiger partial charge on any atom is -0.504 e. The monoisotopic (exact) mass is 441 g/mol. The van der Waals surface area contributed by atoms with Crippen molar-refractivity contribution in [3.05, 3.63) is 73.6 Å². The second kappa shape index (κ2) is 8.76. The summed E-state index contributed by atoms with van der Waals surface area (Å²) in [6.45, 7) is 0. The van der Waals surface area contributed by atoms with Crippen molar-refractivity contribution in [2.24, 2.45) is 5.73 Å². The predicted molar refractivity (Wildman–Crippen MR) is 113 cm³/mol. The Morgan fingerprint density at radius 1 is 1.22 bits per heavy atom. The number of carbonyl (C=O) groups is 2. The summed E-state index contributed by atoms with van der Waals surface area (Å²) in [5.74, 6) is -1.40. The smallest absolute Gasteiger partial charge is 0.414 e. The maximum absolute atomic E-state index is 12.8. The molecule has 2 aromatic carbocycles. The maximum atomic E-state index is 12.8. The summed E-state index contributed by atoms with van der Waals surface area (Å²) in [5, 5.41) is 21.6. The number of amides is 2. The Morgan fingerprint density at radius 3 is 2.56 bits per heavy atom. The van der Waals surface area contributed by atoms with Gasteiger partial charge in [-0.3, -0.25) is 14.9 Å². The number of primary amides is 1. The Labute approximate surface area is 180 Å². The van der Waals surface area contributed by atoms with Gasteiger partial charge in [-0.15, -0.1) is 0 Å². The molecule has 3 N–H and O–H groups in total. The predicted octanol–water partition coefficient (Wildman–Crippen LogP) is 2.09. The number of nitrogens with zero attached hydrogens (tertiary/aromatic N) is 2. The highest BCUT2D eigenvalue weighted by Gasteiger charge is 2.21. The van der Waals surface area contributed by atoms with Gasteiger partial charge in [0.15, 0.2) is 11.5 Å². The van der Waals surface area contributed by atoms with E-state index in [2.05, 4.69) is 0 Å². The minimum absolute atomic E-state index is 0.0339. The van der Waals surface area contributed by atoms with Crippen LogP contribution in [0.4, 0.5) is 10.5 Å². The topological polar surface area (TPSA) is 166 Å². The van der Waals surface area contributed by atoms with E-state index in [1.54, 1.807) is 6.07 Å². The number of nitro groups is 1. The quantitative estimate of drug-likeness (QED) is 0.333. The zero-order valence-electron chi connectivity index (χ0n) is 17.2. The molecule has 11 heteroatoms. The molecule has 0 spiro atoms. The highest BCUT2D eigenvalue weighted by atomic mass is 16.6. The van der Waals surface area contributed by atoms with Crippen LogP contribution in [0.15, 0.2) is 45.6 Å². The number of hydrogen-bond donors (Lipinski definition) is 2. The number of carbonyl (C=O) groups excluding carboxylic acids is 2. The lowest BCUT2D eigenvalue weighted by atomic mass is 9.96. The number of phenols is 1. The van der Waals surface area contributed by atoms with Gasteiger partial charge in [-0.25, -0.2) is 9.59 Å². The van der Waals surface area contributed by atoms with Crippen molar-refractivity contribution in [3.8, 4) is 11.5 Å². The molecule has 32 heavy (non-hydrogen) atoms. The van der Waals surface area contributed by atoms with Gasteiger partial charge in [0.05, 0.1) is 11.3 Å². The number of ether oxygens (including phenoxy) is 1. The maximum Gasteiger partial charge on any atom is 0.414 e. The number of benzene rings is 2. The molecule has 0 unspecified atom stereocenters. The van der Waals surface area contributed by atoms with Crippen molar-refractivity contribution in [1.82, 2.24) is 4.90 Å². The standard InChI is InChI=1S/C21H19N3O8/c1-23(2)21(28)32-18-10-17-14(8-16(18)25)13(9-19(22)26)15(20(27)31-17)7-11-4-3-5-12(6-11)24(29)30/h3-6,8,10,25H,7,9H2,1-2H3,(H2,22,26). The Hall–Kier alpha value is -4.41. The van der Waals surface area contributed by atoms with E-state index >= 15 is 0 Å². The van der Waals surface area contributed by atoms with Gasteiger partial charge in [-0.1, -0.05) is 12.1 Å². The average molecular weight is 441 g/mol. The fourth-order valence-corrected chi connectivity index (χ4v) is 3.12. The molecule has 0 radical (unpaired) electrons. The first-order chi connectivity index (χ1) is 15.1. The number of rotatable bonds is 6. The van der Waals surface area contributed by atoms with Crippen molar-refractivity contribution in [2.45, 2.75) is 12.8 Å². The van der Waals surface area contributed by atoms with Gasteiger partial charge in [0.25, 0.3) is 5.69 Å². The largest absolute Gasteiger partial charge is 0.504 e. The number of non-ortho nitro benzene ring substituents is 1. The van der Waals surface area contributed by atoms with Crippen LogP contribution in [0.2, 0.25) is 0 Å². The van der Waals surface area contributed by atoms with Gasteiger partial charge >= 0.3 is 11.7 Å². The molecule has 1 heterocycles. The summed E-state index contributed by atoms with van der Waals surface area (Å²) < 4.78 is 10.4. The molecular weight excluding hydrogens is 422 g/mol. The molecule has 0 saturated heterocycles. The third-order valence-electron chi connectivity index (χ3n) is 4.62. The summed E-state index contributed by atoms with van der Waals surface area (Å²) in [5.41, 5.74) is 5.08. The Kier molecular flexibility index (Phi) is 6.10. The average Bonchev–Trinajstić information content (AvgIpc) is 2.71. The molecule has 1 aromatic heterocycles. The lowest BCUT2D eigenvalue weighted by Gasteiger charge is -2.14. The molecule has 0 aliphatic rings. The molecular formula is C21H19N3O8. The Balaban J connectivity index is 2.16. The van der Waals surface area contributed by atoms with Crippen LogP contribution in [0.1, 0.15) is 16.7 Å². The van der Waals surface area contributed by atoms with Crippen LogP contribution in [-0.4, -0.2) is 41.0 Å². The number of nitro benzene ring substituents is 1. The van der Waals surface area contributed by atoms with E-state index in [0.29, 0.717) is 5.56 Å². The third-order valence-corrected chi connectivity index (χ3v) is 4.62. The zero-order valence-corrected chi connectivity index (χ0v) is 17.2. The first-order valence-electron chi connectivity index (χ1n) is 9.29. The second-order valence-corrected chi connectivity index (χ2v) is 7.17. The van der Waals surface area contributed by atoms with Gasteiger partial charge in [-0.2, -0.15) is 0 Å². The van der Waals surface area contributed by atoms with Crippen molar-refractivity contribution in [3.63, 3.8) is 0 Å². The molecule has 166 valence electrons. The Morgan fingerprint density at radius 2 is 1.94 bits per heavy atom. The van der Waals surface area contributed by atoms with E-state index in [1.807, 2.05) is 0 Å². The summed E-state index contributed by atoms with van der Waals surface area (Å²) >= 11 is 0. The molecule has 0 aliphatic carbocycles. The van der Waals surface area contributed by atoms with Crippen LogP contribution >= 0.6 is 0 Å². The number of aromatic hydroxyl groups is 1. The number of fused-ring (bicyclic) bond motifs is 1. The molecule has 0 saturated carbocycles. The van der Waals surface area contributed by atoms with E-state index in [4.69, 9.17) is 14.9 Å². The van der Waals surface area contributed by atoms with E-state index in [0.717, 1.165) is 11.0 Å². The zero-order chi connectivity index (χ0) is 23.6. The first-order valence-corrected chi connectivity index (χ1v) is 9.29. The van der Waals surface area contributed by atoms with Gasteiger partial charge in [0.1, 0.15) is 5.58 Å². The summed E-state index contributed by atoms with van der Waals surface area (Å²) in [7, 11) is 2.90. The lowest BCUT2D eigenvalue weighted by molar-refractivity contribution is -0.384. The van der Waals surface area contributed by atoms with Crippen LogP contribution in [-0.2, 0) is 17.6 Å². The van der Waals surface area contributed by atoms with E-state index < -0.39 is 28.3 Å². The van der Waals surface area contributed by atoms with Crippen molar-refractivity contribution >= 4 is 28.7 Å². The Bertz CT molecular complexity index is 1300. The number of hydrogen-bond acceptors (Lipinski definition) is 8. The van der Waals surface area contributed by atoms with Crippen molar-refractivity contribution in [2.75, 3.05) is 14.1 Å². The third kappa shape index (κ3) is 4.67. The SMILES string of the molecule is CN(C)C(=O)Oc1cc2oc(=O)c(Cc3cccc([N+](=O)[O-])c3)c(CC(N)=O)c2cc1O. The van der Waals surface area contributed by atoms with Crippen LogP contribution in [0, 0.1) is 10.1 Å². The lowest BCUT2D eigenvalue weighted by Crippen LogP contribution is -2.25. The van der Waals surface area contributed by atoms with Gasteiger partial charge in [0.2, 0.25) is 5.91 Å². The molecule has 0 aliphatic heterocycles. The van der Waals surface area contributed by atoms with Crippen molar-refractivity contribution < 1.29 is 28.8 Å². The van der Waals surface area contributed by atoms with E-state index in [1.165, 1.54) is 38.4 Å².